The van der Waals surface area contributed by atoms with E-state index in [0.29, 0.717) is 11.5 Å². The lowest BCUT2D eigenvalue weighted by molar-refractivity contribution is 0.102. The van der Waals surface area contributed by atoms with Crippen LogP contribution in [-0.4, -0.2) is 10.9 Å². The van der Waals surface area contributed by atoms with Crippen LogP contribution in [0.1, 0.15) is 21.5 Å². The molecule has 1 aromatic heterocycles. The maximum Gasteiger partial charge on any atom is 0.255 e. The van der Waals surface area contributed by atoms with Gasteiger partial charge in [-0.2, -0.15) is 0 Å². The van der Waals surface area contributed by atoms with Gasteiger partial charge in [-0.3, -0.25) is 4.79 Å². The molecule has 4 heteroatoms. The Morgan fingerprint density at radius 2 is 1.67 bits per heavy atom. The van der Waals surface area contributed by atoms with Crippen molar-refractivity contribution in [2.45, 2.75) is 13.8 Å². The largest absolute Gasteiger partial charge is 0.436 e. The maximum absolute atomic E-state index is 12.5. The van der Waals surface area contributed by atoms with E-state index in [9.17, 15) is 4.79 Å². The van der Waals surface area contributed by atoms with Crippen LogP contribution < -0.4 is 5.32 Å². The van der Waals surface area contributed by atoms with Gasteiger partial charge in [0.05, 0.1) is 0 Å². The second-order valence-corrected chi connectivity index (χ2v) is 7.48. The third-order valence-electron chi connectivity index (χ3n) is 5.44. The second-order valence-electron chi connectivity index (χ2n) is 7.48. The van der Waals surface area contributed by atoms with Crippen molar-refractivity contribution in [2.24, 2.45) is 0 Å². The zero-order chi connectivity index (χ0) is 20.7. The lowest BCUT2D eigenvalue weighted by Crippen LogP contribution is -2.12. The Hall–Kier alpha value is -3.92. The minimum atomic E-state index is -0.126. The van der Waals surface area contributed by atoms with Crippen LogP contribution in [-0.2, 0) is 0 Å². The molecular formula is C26H20N2O2. The minimum absolute atomic E-state index is 0.126. The quantitative estimate of drug-likeness (QED) is 0.380. The highest BCUT2D eigenvalue weighted by Crippen LogP contribution is 2.30. The first-order chi connectivity index (χ1) is 14.6. The van der Waals surface area contributed by atoms with Gasteiger partial charge in [0.1, 0.15) is 5.52 Å². The fourth-order valence-corrected chi connectivity index (χ4v) is 3.57. The van der Waals surface area contributed by atoms with Gasteiger partial charge in [-0.15, -0.1) is 0 Å². The number of hydrogen-bond donors (Lipinski definition) is 1. The van der Waals surface area contributed by atoms with Crippen LogP contribution in [0.2, 0.25) is 0 Å². The number of carbonyl (C=O) groups is 1. The van der Waals surface area contributed by atoms with E-state index in [1.807, 2.05) is 80.6 Å². The molecule has 0 unspecified atom stereocenters. The monoisotopic (exact) mass is 392 g/mol. The van der Waals surface area contributed by atoms with Gasteiger partial charge in [-0.25, -0.2) is 4.98 Å². The van der Waals surface area contributed by atoms with E-state index in [1.54, 1.807) is 0 Å². The van der Waals surface area contributed by atoms with E-state index >= 15 is 0 Å². The van der Waals surface area contributed by atoms with E-state index < -0.39 is 0 Å². The standard InChI is InChI=1S/C26H20N2O2/c1-16-7-8-20(15-17(16)2)25(29)27-21-12-9-19(10-13-21)26-28-24-22-6-4-3-5-18(22)11-14-23(24)30-26/h3-15H,1-2H3,(H,27,29). The van der Waals surface area contributed by atoms with Crippen LogP contribution in [0.4, 0.5) is 5.69 Å². The first-order valence-electron chi connectivity index (χ1n) is 9.86. The molecule has 0 saturated carbocycles. The Labute approximate surface area is 174 Å². The van der Waals surface area contributed by atoms with E-state index in [1.165, 1.54) is 5.56 Å². The van der Waals surface area contributed by atoms with E-state index in [0.717, 1.165) is 38.7 Å². The molecular weight excluding hydrogens is 372 g/mol. The highest BCUT2D eigenvalue weighted by molar-refractivity contribution is 6.05. The van der Waals surface area contributed by atoms with Crippen LogP contribution in [0, 0.1) is 13.8 Å². The van der Waals surface area contributed by atoms with Gasteiger partial charge < -0.3 is 9.73 Å². The third-order valence-corrected chi connectivity index (χ3v) is 5.44. The van der Waals surface area contributed by atoms with Gasteiger partial charge >= 0.3 is 0 Å². The molecule has 0 spiro atoms. The Kier molecular flexibility index (Phi) is 4.32. The van der Waals surface area contributed by atoms with Crippen molar-refractivity contribution in [3.8, 4) is 11.5 Å². The molecule has 0 aliphatic carbocycles. The van der Waals surface area contributed by atoms with Gasteiger partial charge in [0.15, 0.2) is 5.58 Å². The number of nitrogens with zero attached hydrogens (tertiary/aromatic N) is 1. The number of rotatable bonds is 3. The molecule has 4 nitrogen and oxygen atoms in total. The Morgan fingerprint density at radius 1 is 0.867 bits per heavy atom. The molecule has 0 atom stereocenters. The number of anilines is 1. The van der Waals surface area contributed by atoms with Crippen molar-refractivity contribution in [1.29, 1.82) is 0 Å². The van der Waals surface area contributed by atoms with Crippen LogP contribution in [0.25, 0.3) is 33.3 Å². The summed E-state index contributed by atoms with van der Waals surface area (Å²) < 4.78 is 5.98. The number of aromatic nitrogens is 1. The van der Waals surface area contributed by atoms with Crippen molar-refractivity contribution < 1.29 is 9.21 Å². The Bertz CT molecular complexity index is 1400. The molecule has 5 aromatic rings. The molecule has 5 rings (SSSR count). The molecule has 0 fully saturated rings. The van der Waals surface area contributed by atoms with Crippen molar-refractivity contribution in [3.05, 3.63) is 95.6 Å². The van der Waals surface area contributed by atoms with E-state index in [-0.39, 0.29) is 5.91 Å². The molecule has 146 valence electrons. The fourth-order valence-electron chi connectivity index (χ4n) is 3.57. The number of amides is 1. The minimum Gasteiger partial charge on any atom is -0.436 e. The van der Waals surface area contributed by atoms with Crippen LogP contribution in [0.15, 0.2) is 83.3 Å². The first kappa shape index (κ1) is 18.1. The molecule has 4 aromatic carbocycles. The predicted octanol–water partition coefficient (Wildman–Crippen LogP) is 6.52. The predicted molar refractivity (Wildman–Crippen MR) is 121 cm³/mol. The van der Waals surface area contributed by atoms with Gasteiger partial charge in [0.25, 0.3) is 5.91 Å². The summed E-state index contributed by atoms with van der Waals surface area (Å²) in [6, 6.07) is 25.4. The molecule has 0 saturated heterocycles. The van der Waals surface area contributed by atoms with Crippen LogP contribution in [0.3, 0.4) is 0 Å². The summed E-state index contributed by atoms with van der Waals surface area (Å²) >= 11 is 0. The van der Waals surface area contributed by atoms with Gasteiger partial charge in [-0.1, -0.05) is 36.4 Å². The lowest BCUT2D eigenvalue weighted by atomic mass is 10.1. The summed E-state index contributed by atoms with van der Waals surface area (Å²) in [4.78, 5) is 17.2. The van der Waals surface area contributed by atoms with Crippen molar-refractivity contribution in [2.75, 3.05) is 5.32 Å². The number of benzene rings is 4. The molecule has 30 heavy (non-hydrogen) atoms. The Balaban J connectivity index is 1.41. The summed E-state index contributed by atoms with van der Waals surface area (Å²) in [5.74, 6) is 0.438. The van der Waals surface area contributed by atoms with E-state index in [4.69, 9.17) is 9.40 Å². The second kappa shape index (κ2) is 7.16. The molecule has 0 aliphatic rings. The average Bonchev–Trinajstić information content (AvgIpc) is 3.21. The zero-order valence-electron chi connectivity index (χ0n) is 16.8. The van der Waals surface area contributed by atoms with Crippen molar-refractivity contribution in [3.63, 3.8) is 0 Å². The highest BCUT2D eigenvalue weighted by atomic mass is 16.3. The summed E-state index contributed by atoms with van der Waals surface area (Å²) in [5.41, 5.74) is 6.12. The SMILES string of the molecule is Cc1ccc(C(=O)Nc2ccc(-c3nc4c(ccc5ccccc54)o3)cc2)cc1C. The topological polar surface area (TPSA) is 55.1 Å². The maximum atomic E-state index is 12.5. The van der Waals surface area contributed by atoms with Crippen LogP contribution >= 0.6 is 0 Å². The third kappa shape index (κ3) is 3.22. The number of hydrogen-bond acceptors (Lipinski definition) is 3. The first-order valence-corrected chi connectivity index (χ1v) is 9.86. The Morgan fingerprint density at radius 3 is 2.47 bits per heavy atom. The number of carbonyl (C=O) groups excluding carboxylic acids is 1. The summed E-state index contributed by atoms with van der Waals surface area (Å²) in [5, 5.41) is 5.15. The molecule has 1 N–H and O–H groups in total. The van der Waals surface area contributed by atoms with Gasteiger partial charge in [-0.05, 0) is 72.8 Å². The summed E-state index contributed by atoms with van der Waals surface area (Å²) in [6.45, 7) is 4.04. The molecule has 0 bridgehead atoms. The molecule has 0 radical (unpaired) electrons. The van der Waals surface area contributed by atoms with Gasteiger partial charge in [0, 0.05) is 22.2 Å². The number of aryl methyl sites for hydroxylation is 2. The summed E-state index contributed by atoms with van der Waals surface area (Å²) in [6.07, 6.45) is 0. The van der Waals surface area contributed by atoms with Crippen LogP contribution in [0.5, 0.6) is 0 Å². The van der Waals surface area contributed by atoms with Gasteiger partial charge in [0.2, 0.25) is 5.89 Å². The van der Waals surface area contributed by atoms with E-state index in [2.05, 4.69) is 17.4 Å². The fraction of sp³-hybridized carbons (Fsp3) is 0.0769. The zero-order valence-corrected chi connectivity index (χ0v) is 16.8. The number of nitrogens with one attached hydrogen (secondary N) is 1. The average molecular weight is 392 g/mol. The highest BCUT2D eigenvalue weighted by Gasteiger charge is 2.12. The number of oxazole rings is 1. The molecule has 0 aliphatic heterocycles. The normalized spacial score (nSPS) is 11.1. The van der Waals surface area contributed by atoms with Crippen molar-refractivity contribution >= 4 is 33.5 Å². The molecule has 1 heterocycles. The number of fused-ring (bicyclic) bond motifs is 3. The summed E-state index contributed by atoms with van der Waals surface area (Å²) in [7, 11) is 0. The van der Waals surface area contributed by atoms with Crippen molar-refractivity contribution in [1.82, 2.24) is 4.98 Å². The molecule has 1 amide bonds. The smallest absolute Gasteiger partial charge is 0.255 e. The lowest BCUT2D eigenvalue weighted by Gasteiger charge is -2.07.